The van der Waals surface area contributed by atoms with E-state index in [-0.39, 0.29) is 4.90 Å². The van der Waals surface area contributed by atoms with E-state index in [2.05, 4.69) is 4.72 Å². The lowest BCUT2D eigenvalue weighted by molar-refractivity contribution is 0.550. The van der Waals surface area contributed by atoms with Gasteiger partial charge in [0.15, 0.2) is 5.76 Å². The molecule has 4 nitrogen and oxygen atoms in total. The highest BCUT2D eigenvalue weighted by molar-refractivity contribution is 7.92. The van der Waals surface area contributed by atoms with Crippen LogP contribution in [0.4, 0.5) is 5.69 Å². The lowest BCUT2D eigenvalue weighted by atomic mass is 10.2. The molecule has 3 rings (SSSR count). The van der Waals surface area contributed by atoms with Gasteiger partial charge in [0.2, 0.25) is 0 Å². The monoisotopic (exact) mass is 333 g/mol. The molecule has 0 aliphatic carbocycles. The first-order valence-electron chi connectivity index (χ1n) is 6.69. The van der Waals surface area contributed by atoms with Gasteiger partial charge in [0.25, 0.3) is 10.0 Å². The number of furan rings is 1. The second-order valence-corrected chi connectivity index (χ2v) is 7.63. The molecule has 0 bridgehead atoms. The van der Waals surface area contributed by atoms with E-state index in [1.165, 1.54) is 11.3 Å². The van der Waals surface area contributed by atoms with E-state index in [0.29, 0.717) is 17.2 Å². The summed E-state index contributed by atoms with van der Waals surface area (Å²) >= 11 is 1.50. The summed E-state index contributed by atoms with van der Waals surface area (Å²) in [5, 5.41) is 1.92. The van der Waals surface area contributed by atoms with Crippen LogP contribution >= 0.6 is 11.3 Å². The molecule has 0 saturated heterocycles. The van der Waals surface area contributed by atoms with Crippen molar-refractivity contribution >= 4 is 27.0 Å². The van der Waals surface area contributed by atoms with Crippen molar-refractivity contribution in [1.29, 1.82) is 0 Å². The van der Waals surface area contributed by atoms with Gasteiger partial charge in [0, 0.05) is 6.07 Å². The van der Waals surface area contributed by atoms with Crippen LogP contribution in [0.25, 0.3) is 10.6 Å². The molecule has 0 spiro atoms. The molecule has 1 aromatic carbocycles. The molecular weight excluding hydrogens is 318 g/mol. The lowest BCUT2D eigenvalue weighted by Crippen LogP contribution is -2.12. The van der Waals surface area contributed by atoms with Crippen LogP contribution in [0.5, 0.6) is 0 Å². The molecule has 0 fully saturated rings. The third kappa shape index (κ3) is 2.93. The number of rotatable bonds is 4. The molecule has 0 aliphatic heterocycles. The fourth-order valence-corrected chi connectivity index (χ4v) is 3.87. The quantitative estimate of drug-likeness (QED) is 0.768. The first-order chi connectivity index (χ1) is 10.5. The summed E-state index contributed by atoms with van der Waals surface area (Å²) in [6, 6.07) is 12.2. The van der Waals surface area contributed by atoms with Gasteiger partial charge in [-0.15, -0.1) is 11.3 Å². The Kier molecular flexibility index (Phi) is 3.80. The summed E-state index contributed by atoms with van der Waals surface area (Å²) < 4.78 is 33.2. The van der Waals surface area contributed by atoms with Crippen LogP contribution in [-0.4, -0.2) is 8.42 Å². The summed E-state index contributed by atoms with van der Waals surface area (Å²) in [4.78, 5) is 1.11. The molecule has 1 N–H and O–H groups in total. The highest BCUT2D eigenvalue weighted by atomic mass is 32.2. The van der Waals surface area contributed by atoms with Crippen LogP contribution in [-0.2, 0) is 10.0 Å². The summed E-state index contributed by atoms with van der Waals surface area (Å²) in [5.74, 6) is 1.20. The van der Waals surface area contributed by atoms with Crippen LogP contribution in [0, 0.1) is 13.8 Å². The molecule has 0 aliphatic rings. The van der Waals surface area contributed by atoms with Crippen molar-refractivity contribution in [1.82, 2.24) is 0 Å². The van der Waals surface area contributed by atoms with E-state index in [4.69, 9.17) is 4.42 Å². The first kappa shape index (κ1) is 14.9. The zero-order valence-electron chi connectivity index (χ0n) is 12.2. The Morgan fingerprint density at radius 3 is 2.45 bits per heavy atom. The average Bonchev–Trinajstić information content (AvgIpc) is 3.08. The van der Waals surface area contributed by atoms with Gasteiger partial charge in [0.05, 0.1) is 15.5 Å². The van der Waals surface area contributed by atoms with Crippen LogP contribution in [0.2, 0.25) is 0 Å². The van der Waals surface area contributed by atoms with E-state index in [0.717, 1.165) is 10.4 Å². The van der Waals surface area contributed by atoms with Crippen molar-refractivity contribution in [2.75, 3.05) is 4.72 Å². The maximum absolute atomic E-state index is 12.5. The predicted molar refractivity (Wildman–Crippen MR) is 88.7 cm³/mol. The van der Waals surface area contributed by atoms with Crippen molar-refractivity contribution in [3.63, 3.8) is 0 Å². The number of hydrogen-bond donors (Lipinski definition) is 1. The van der Waals surface area contributed by atoms with Crippen molar-refractivity contribution < 1.29 is 12.8 Å². The summed E-state index contributed by atoms with van der Waals surface area (Å²) in [6.07, 6.45) is 0. The van der Waals surface area contributed by atoms with Crippen LogP contribution in [0.15, 0.2) is 57.2 Å². The van der Waals surface area contributed by atoms with Gasteiger partial charge in [-0.2, -0.15) is 0 Å². The second-order valence-electron chi connectivity index (χ2n) is 5.00. The maximum atomic E-state index is 12.5. The van der Waals surface area contributed by atoms with Gasteiger partial charge in [-0.3, -0.25) is 4.72 Å². The van der Waals surface area contributed by atoms with Crippen molar-refractivity contribution in [2.24, 2.45) is 0 Å². The minimum Gasteiger partial charge on any atom is -0.458 e. The summed E-state index contributed by atoms with van der Waals surface area (Å²) in [5.41, 5.74) is 1.47. The number of sulfonamides is 1. The largest absolute Gasteiger partial charge is 0.458 e. The van der Waals surface area contributed by atoms with E-state index in [1.807, 2.05) is 24.4 Å². The SMILES string of the molecule is Cc1ccc(S(=O)(=O)Nc2cc(C)oc2-c2cccs2)cc1. The van der Waals surface area contributed by atoms with Crippen molar-refractivity contribution in [3.8, 4) is 10.6 Å². The van der Waals surface area contributed by atoms with E-state index in [1.54, 1.807) is 37.3 Å². The van der Waals surface area contributed by atoms with Gasteiger partial charge >= 0.3 is 0 Å². The molecule has 22 heavy (non-hydrogen) atoms. The van der Waals surface area contributed by atoms with E-state index in [9.17, 15) is 8.42 Å². The molecule has 0 unspecified atom stereocenters. The van der Waals surface area contributed by atoms with Gasteiger partial charge in [-0.1, -0.05) is 23.8 Å². The third-order valence-electron chi connectivity index (χ3n) is 3.18. The van der Waals surface area contributed by atoms with Crippen LogP contribution < -0.4 is 4.72 Å². The second kappa shape index (κ2) is 5.62. The number of aryl methyl sites for hydroxylation is 2. The number of hydrogen-bond acceptors (Lipinski definition) is 4. The minimum atomic E-state index is -3.64. The zero-order chi connectivity index (χ0) is 15.7. The minimum absolute atomic E-state index is 0.231. The lowest BCUT2D eigenvalue weighted by Gasteiger charge is -2.07. The van der Waals surface area contributed by atoms with E-state index < -0.39 is 10.0 Å². The molecule has 6 heteroatoms. The Morgan fingerprint density at radius 2 is 1.82 bits per heavy atom. The first-order valence-corrected chi connectivity index (χ1v) is 9.06. The number of benzene rings is 1. The van der Waals surface area contributed by atoms with Gasteiger partial charge in [-0.05, 0) is 37.4 Å². The molecule has 2 heterocycles. The normalized spacial score (nSPS) is 11.5. The van der Waals surface area contributed by atoms with Crippen molar-refractivity contribution in [2.45, 2.75) is 18.7 Å². The summed E-state index contributed by atoms with van der Waals surface area (Å²) in [7, 11) is -3.64. The predicted octanol–water partition coefficient (Wildman–Crippen LogP) is 4.43. The molecule has 114 valence electrons. The Balaban J connectivity index is 1.98. The Bertz CT molecular complexity index is 876. The smallest absolute Gasteiger partial charge is 0.262 e. The Morgan fingerprint density at radius 1 is 1.09 bits per heavy atom. The Labute approximate surface area is 133 Å². The van der Waals surface area contributed by atoms with Crippen LogP contribution in [0.3, 0.4) is 0 Å². The maximum Gasteiger partial charge on any atom is 0.262 e. The molecular formula is C16H15NO3S2. The topological polar surface area (TPSA) is 59.3 Å². The standard InChI is InChI=1S/C16H15NO3S2/c1-11-5-7-13(8-6-11)22(18,19)17-14-10-12(2)20-16(14)15-4-3-9-21-15/h3-10,17H,1-2H3. The Hall–Kier alpha value is -2.05. The van der Waals surface area contributed by atoms with Gasteiger partial charge in [0.1, 0.15) is 5.76 Å². The van der Waals surface area contributed by atoms with Gasteiger partial charge in [-0.25, -0.2) is 8.42 Å². The zero-order valence-corrected chi connectivity index (χ0v) is 13.8. The number of anilines is 1. The molecule has 0 radical (unpaired) electrons. The van der Waals surface area contributed by atoms with Crippen molar-refractivity contribution in [3.05, 3.63) is 59.2 Å². The average molecular weight is 333 g/mol. The van der Waals surface area contributed by atoms with E-state index >= 15 is 0 Å². The fraction of sp³-hybridized carbons (Fsp3) is 0.125. The molecule has 3 aromatic rings. The molecule has 2 aromatic heterocycles. The summed E-state index contributed by atoms with van der Waals surface area (Å²) in [6.45, 7) is 3.71. The molecule has 0 amide bonds. The highest BCUT2D eigenvalue weighted by Crippen LogP contribution is 2.35. The number of nitrogens with one attached hydrogen (secondary N) is 1. The van der Waals surface area contributed by atoms with Crippen LogP contribution in [0.1, 0.15) is 11.3 Å². The third-order valence-corrected chi connectivity index (χ3v) is 5.43. The molecule has 0 atom stereocenters. The number of thiophene rings is 1. The highest BCUT2D eigenvalue weighted by Gasteiger charge is 2.19. The van der Waals surface area contributed by atoms with Gasteiger partial charge < -0.3 is 4.42 Å². The fourth-order valence-electron chi connectivity index (χ4n) is 2.10. The molecule has 0 saturated carbocycles.